The van der Waals surface area contributed by atoms with Crippen molar-refractivity contribution in [2.45, 2.75) is 0 Å². The fourth-order valence-corrected chi connectivity index (χ4v) is 25.4. The molecule has 0 aliphatic heterocycles. The maximum Gasteiger partial charge on any atom is 0.179 e. The maximum absolute atomic E-state index is 9.08. The number of benzene rings is 2. The van der Waals surface area contributed by atoms with Gasteiger partial charge in [0.15, 0.2) is 23.0 Å². The topological polar surface area (TPSA) is 80.9 Å². The standard InChI is InChI=1S/2C6H2Cl4O2.5C6H16P2.6Fe.2Mo.9H2S/c2*7-1-2(8)4(10)6(12)5(11)3(1)9;5*1-7(2)5-6-8(3)4;;;;;;;;;;;;;;;;;/h2*11-12H;5*5-6H2,1-4H3;;;;;;;;;9*1H2/p+1. The summed E-state index contributed by atoms with van der Waals surface area (Å²) in [6.45, 7) is 48.0. The van der Waals surface area contributed by atoms with Crippen LogP contribution in [-0.4, -0.2) is 215 Å². The Kier molecular flexibility index (Phi) is 189. The number of thiol groups is 9. The molecule has 0 radical (unpaired) electrons. The molecule has 0 heterocycles. The number of rotatable bonds is 15. The first-order valence-electron chi connectivity index (χ1n) is 21.4. The van der Waals surface area contributed by atoms with E-state index in [9.17, 15) is 0 Å². The SMILES string of the molecule is C[PH+](C)CC[PH+](C)C.C[PH+](C)CC[PH+](C)C.C[PH+](C)CC[PH+](C)C.C[PH+](C)CC[PH+](C)C.C[PH+](C)CC[PH+](C)C.Oc1c(O)c(Cl)c(Cl)c(Cl)c1Cl.Oc1c(O)c(Cl)c(Cl)c(Cl)c1Cl.[Fe].[Fe].[Fe].[Fe].[Fe].[Fe].[Mo].[Mo].[SH-].[SH-].[SH-].[SH-].[SH-].[SH-].[SH-].[SH-].[SH-]. The molecule has 4 nitrogen and oxygen atoms in total. The van der Waals surface area contributed by atoms with Gasteiger partial charge in [0.25, 0.3) is 0 Å². The van der Waals surface area contributed by atoms with Crippen LogP contribution >= 0.6 is 172 Å². The minimum Gasteiger partial charge on any atom is -0.813 e. The Morgan fingerprint density at radius 2 is 0.259 bits per heavy atom. The van der Waals surface area contributed by atoms with E-state index < -0.39 is 23.0 Å². The molecule has 0 saturated carbocycles. The first kappa shape index (κ1) is 156. The third-order valence-electron chi connectivity index (χ3n) is 8.06. The van der Waals surface area contributed by atoms with Gasteiger partial charge in [0.05, 0.1) is 81.7 Å². The fourth-order valence-electron chi connectivity index (χ4n) is 3.72. The summed E-state index contributed by atoms with van der Waals surface area (Å²) >= 11 is 44.1. The zero-order chi connectivity index (χ0) is 51.8. The molecule has 0 spiro atoms. The average Bonchev–Trinajstić information content (AvgIpc) is 3.19. The van der Waals surface area contributed by atoms with Gasteiger partial charge in [-0.15, -0.1) is 0 Å². The average molecular weight is 2080 g/mol. The molecule has 2 aromatic carbocycles. The van der Waals surface area contributed by atoms with E-state index in [0.717, 1.165) is 0 Å². The van der Waals surface area contributed by atoms with Gasteiger partial charge in [-0.25, -0.2) is 0 Å². The molecule has 81 heavy (non-hydrogen) atoms. The molecule has 0 aliphatic carbocycles. The van der Waals surface area contributed by atoms with Crippen molar-refractivity contribution in [3.63, 3.8) is 0 Å². The normalized spacial score (nSPS) is 8.62. The van der Waals surface area contributed by atoms with Crippen LogP contribution in [0.3, 0.4) is 0 Å². The quantitative estimate of drug-likeness (QED) is 0.0260. The van der Waals surface area contributed by atoms with E-state index >= 15 is 0 Å². The smallest absolute Gasteiger partial charge is 0.179 e. The van der Waals surface area contributed by atoms with E-state index in [1.165, 1.54) is 61.6 Å². The van der Waals surface area contributed by atoms with E-state index in [1.54, 1.807) is 0 Å². The molecule has 39 heteroatoms. The first-order chi connectivity index (χ1) is 29.1. The minimum atomic E-state index is -0.573. The molecule has 0 bridgehead atoms. The molecular weight excluding hydrogens is 1980 g/mol. The van der Waals surface area contributed by atoms with E-state index in [0.29, 0.717) is 0 Å². The Morgan fingerprint density at radius 1 is 0.198 bits per heavy atom. The molecular formula is C42H103Cl8Fe6Mo2O4P10S9+. The number of phenolic OH excluding ortho intramolecular Hbond substituents is 4. The summed E-state index contributed by atoms with van der Waals surface area (Å²) in [6.07, 6.45) is 15.3. The molecule has 514 valence electrons. The summed E-state index contributed by atoms with van der Waals surface area (Å²) in [4.78, 5) is 0. The van der Waals surface area contributed by atoms with Gasteiger partial charge < -0.3 is 142 Å². The molecule has 0 aromatic heterocycles. The van der Waals surface area contributed by atoms with Crippen LogP contribution in [0.15, 0.2) is 0 Å². The van der Waals surface area contributed by atoms with Crippen LogP contribution in [0.25, 0.3) is 0 Å². The van der Waals surface area contributed by atoms with E-state index in [-0.39, 0.29) is 385 Å². The second kappa shape index (κ2) is 98.3. The van der Waals surface area contributed by atoms with E-state index in [4.69, 9.17) is 113 Å². The van der Waals surface area contributed by atoms with Crippen LogP contribution in [-0.2, 0) is 266 Å². The van der Waals surface area contributed by atoms with Crippen molar-refractivity contribution in [2.24, 2.45) is 0 Å². The van der Waals surface area contributed by atoms with Crippen LogP contribution < -0.4 is 0 Å². The van der Waals surface area contributed by atoms with Crippen molar-refractivity contribution in [1.29, 1.82) is 0 Å². The summed E-state index contributed by atoms with van der Waals surface area (Å²) in [5.41, 5.74) is 0. The number of aromatic hydroxyl groups is 4. The number of halogens is 8. The second-order valence-electron chi connectivity index (χ2n) is 18.5. The molecule has 4 N–H and O–H groups in total. The van der Waals surface area contributed by atoms with Crippen molar-refractivity contribution in [3.05, 3.63) is 40.2 Å². The Bertz CT molecular complexity index is 1150. The van der Waals surface area contributed by atoms with Gasteiger partial charge in [-0.05, 0) is 79.2 Å². The summed E-state index contributed by atoms with van der Waals surface area (Å²) < 4.78 is 0. The molecule has 0 amide bonds. The van der Waals surface area contributed by atoms with Gasteiger partial charge in [0.1, 0.15) is 20.1 Å². The van der Waals surface area contributed by atoms with Crippen molar-refractivity contribution in [1.82, 2.24) is 0 Å². The number of hydrogen-bond donors (Lipinski definition) is 4. The summed E-state index contributed by atoms with van der Waals surface area (Å²) in [7, 11) is 0.957. The predicted molar refractivity (Wildman–Crippen MR) is 429 cm³/mol. The summed E-state index contributed by atoms with van der Waals surface area (Å²) in [6, 6.07) is 0. The van der Waals surface area contributed by atoms with Gasteiger partial charge in [-0.1, -0.05) is 92.8 Å². The Morgan fingerprint density at radius 3 is 0.309 bits per heavy atom. The van der Waals surface area contributed by atoms with Crippen LogP contribution in [0, 0.1) is 0 Å². The summed E-state index contributed by atoms with van der Waals surface area (Å²) in [5.74, 6) is -2.29. The Balaban J connectivity index is -0.0000000244. The number of hydrogen-bond acceptors (Lipinski definition) is 13. The molecule has 0 saturated heterocycles. The first-order valence-corrected chi connectivity index (χ1v) is 51.5. The van der Waals surface area contributed by atoms with Gasteiger partial charge in [0, 0.05) is 278 Å². The predicted octanol–water partition coefficient (Wildman–Crippen LogP) is 14.6. The summed E-state index contributed by atoms with van der Waals surface area (Å²) in [5, 5.41) is 35.1. The molecule has 0 atom stereocenters. The molecule has 0 aliphatic rings. The van der Waals surface area contributed by atoms with Crippen LogP contribution in [0.5, 0.6) is 23.0 Å². The molecule has 2 rings (SSSR count). The van der Waals surface area contributed by atoms with Gasteiger partial charge >= 0.3 is 0 Å². The van der Waals surface area contributed by atoms with Crippen molar-refractivity contribution in [3.8, 4) is 23.0 Å². The van der Waals surface area contributed by atoms with Crippen LogP contribution in [0.1, 0.15) is 0 Å². The van der Waals surface area contributed by atoms with E-state index in [1.807, 2.05) is 0 Å². The monoisotopic (exact) mass is 2080 g/mol. The minimum absolute atomic E-state index is 0. The molecule has 2 aromatic rings. The zero-order valence-electron chi connectivity index (χ0n) is 49.8. The zero-order valence-corrected chi connectivity index (χ0v) is 84.6. The van der Waals surface area contributed by atoms with Crippen LogP contribution in [0.2, 0.25) is 40.2 Å². The Labute approximate surface area is 705 Å². The van der Waals surface area contributed by atoms with Crippen molar-refractivity contribution in [2.75, 3.05) is 195 Å². The molecule has 0 unspecified atom stereocenters. The second-order valence-corrected chi connectivity index (χ2v) is 50.6. The number of phenols is 4. The maximum atomic E-state index is 9.08. The van der Waals surface area contributed by atoms with Gasteiger partial charge in [-0.2, -0.15) is 0 Å². The van der Waals surface area contributed by atoms with Crippen molar-refractivity contribution >= 4 is 293 Å². The van der Waals surface area contributed by atoms with Gasteiger partial charge in [-0.3, -0.25) is 0 Å². The van der Waals surface area contributed by atoms with Crippen LogP contribution in [0.4, 0.5) is 0 Å². The Hall–Kier alpha value is 11.9. The van der Waals surface area contributed by atoms with E-state index in [2.05, 4.69) is 133 Å². The third-order valence-corrected chi connectivity index (χ3v) is 26.6. The van der Waals surface area contributed by atoms with Crippen molar-refractivity contribution < 1.29 is 165 Å². The molecule has 0 fully saturated rings. The largest absolute Gasteiger partial charge is 0.813 e. The fraction of sp³-hybridized carbons (Fsp3) is 0.714. The third kappa shape index (κ3) is 103. The van der Waals surface area contributed by atoms with Gasteiger partial charge in [0.2, 0.25) is 0 Å².